The summed E-state index contributed by atoms with van der Waals surface area (Å²) in [5, 5.41) is 1.13. The fraction of sp³-hybridized carbons (Fsp3) is 0.318. The first-order valence-corrected chi connectivity index (χ1v) is 9.90. The van der Waals surface area contributed by atoms with Crippen molar-refractivity contribution in [1.29, 1.82) is 0 Å². The summed E-state index contributed by atoms with van der Waals surface area (Å²) < 4.78 is 0. The van der Waals surface area contributed by atoms with Gasteiger partial charge in [-0.1, -0.05) is 74.0 Å². The van der Waals surface area contributed by atoms with Gasteiger partial charge >= 0.3 is 0 Å². The molecule has 0 aliphatic carbocycles. The molecule has 0 spiro atoms. The fourth-order valence-electron chi connectivity index (χ4n) is 2.91. The summed E-state index contributed by atoms with van der Waals surface area (Å²) in [7, 11) is 0. The molecule has 2 aromatic carbocycles. The van der Waals surface area contributed by atoms with Gasteiger partial charge in [-0.2, -0.15) is 0 Å². The highest BCUT2D eigenvalue weighted by Gasteiger charge is 2.23. The number of hydrogen-bond donors (Lipinski definition) is 0. The van der Waals surface area contributed by atoms with Crippen molar-refractivity contribution in [2.45, 2.75) is 33.1 Å². The van der Waals surface area contributed by atoms with Crippen LogP contribution >= 0.6 is 11.8 Å². The van der Waals surface area contributed by atoms with Crippen molar-refractivity contribution in [2.75, 3.05) is 13.1 Å². The van der Waals surface area contributed by atoms with Gasteiger partial charge in [0.05, 0.1) is 12.2 Å². The summed E-state index contributed by atoms with van der Waals surface area (Å²) in [5.74, 6) is 0. The molecule has 25 heavy (non-hydrogen) atoms. The van der Waals surface area contributed by atoms with E-state index in [1.54, 1.807) is 0 Å². The molecule has 130 valence electrons. The van der Waals surface area contributed by atoms with Crippen LogP contribution in [-0.4, -0.2) is 23.2 Å². The normalized spacial score (nSPS) is 17.6. The van der Waals surface area contributed by atoms with Gasteiger partial charge in [-0.05, 0) is 42.7 Å². The summed E-state index contributed by atoms with van der Waals surface area (Å²) >= 11 is 1.81. The quantitative estimate of drug-likeness (QED) is 0.571. The van der Waals surface area contributed by atoms with E-state index >= 15 is 0 Å². The number of rotatable bonds is 6. The van der Waals surface area contributed by atoms with Crippen LogP contribution < -0.4 is 0 Å². The van der Waals surface area contributed by atoms with E-state index in [2.05, 4.69) is 79.4 Å². The van der Waals surface area contributed by atoms with Gasteiger partial charge in [0.15, 0.2) is 5.17 Å². The summed E-state index contributed by atoms with van der Waals surface area (Å²) in [6.45, 7) is 6.41. The summed E-state index contributed by atoms with van der Waals surface area (Å²) in [5.41, 5.74) is 3.56. The van der Waals surface area contributed by atoms with Crippen molar-refractivity contribution in [2.24, 2.45) is 4.99 Å². The van der Waals surface area contributed by atoms with Crippen LogP contribution in [0.3, 0.4) is 0 Å². The minimum atomic E-state index is 0.966. The first-order valence-electron chi connectivity index (χ1n) is 9.08. The molecule has 3 heteroatoms. The first kappa shape index (κ1) is 17.8. The Kier molecular flexibility index (Phi) is 6.35. The SMILES string of the molecule is CCCCCN1CC(=Cc2ccccc2)SC1=Nc1cccc(C)c1. The molecule has 0 aromatic heterocycles. The lowest BCUT2D eigenvalue weighted by Crippen LogP contribution is -2.25. The van der Waals surface area contributed by atoms with Gasteiger partial charge in [0.1, 0.15) is 0 Å². The Morgan fingerprint density at radius 3 is 2.68 bits per heavy atom. The number of unbranched alkanes of at least 4 members (excludes halogenated alkanes) is 2. The van der Waals surface area contributed by atoms with Crippen LogP contribution in [0.1, 0.15) is 37.3 Å². The molecule has 3 rings (SSSR count). The second kappa shape index (κ2) is 8.91. The predicted octanol–water partition coefficient (Wildman–Crippen LogP) is 6.26. The Morgan fingerprint density at radius 2 is 1.92 bits per heavy atom. The van der Waals surface area contributed by atoms with Crippen molar-refractivity contribution in [1.82, 2.24) is 4.90 Å². The van der Waals surface area contributed by atoms with Gasteiger partial charge < -0.3 is 4.90 Å². The Labute approximate surface area is 155 Å². The van der Waals surface area contributed by atoms with E-state index in [0.29, 0.717) is 0 Å². The van der Waals surface area contributed by atoms with E-state index in [1.807, 2.05) is 11.8 Å². The third-order valence-electron chi connectivity index (χ3n) is 4.22. The Bertz CT molecular complexity index is 750. The van der Waals surface area contributed by atoms with Crippen LogP contribution in [-0.2, 0) is 0 Å². The van der Waals surface area contributed by atoms with Crippen molar-refractivity contribution in [3.8, 4) is 0 Å². The summed E-state index contributed by atoms with van der Waals surface area (Å²) in [6.07, 6.45) is 6.04. The zero-order valence-corrected chi connectivity index (χ0v) is 15.9. The number of aryl methyl sites for hydroxylation is 1. The largest absolute Gasteiger partial charge is 0.346 e. The Balaban J connectivity index is 1.81. The van der Waals surface area contributed by atoms with Gasteiger partial charge in [-0.25, -0.2) is 4.99 Å². The zero-order valence-electron chi connectivity index (χ0n) is 15.1. The third-order valence-corrected chi connectivity index (χ3v) is 5.27. The van der Waals surface area contributed by atoms with E-state index in [4.69, 9.17) is 4.99 Å². The maximum absolute atomic E-state index is 4.94. The molecular formula is C22H26N2S. The van der Waals surface area contributed by atoms with Crippen molar-refractivity contribution < 1.29 is 0 Å². The van der Waals surface area contributed by atoms with Gasteiger partial charge in [0.25, 0.3) is 0 Å². The standard InChI is InChI=1S/C22H26N2S/c1-3-4-8-14-24-17-21(16-19-11-6-5-7-12-19)25-22(24)23-20-13-9-10-18(2)15-20/h5-7,9-13,15-16H,3-4,8,14,17H2,1-2H3. The first-order chi connectivity index (χ1) is 12.2. The molecule has 1 aliphatic rings. The summed E-state index contributed by atoms with van der Waals surface area (Å²) in [4.78, 5) is 8.73. The van der Waals surface area contributed by atoms with Gasteiger partial charge in [-0.3, -0.25) is 0 Å². The minimum Gasteiger partial charge on any atom is -0.346 e. The molecule has 0 amide bonds. The lowest BCUT2D eigenvalue weighted by atomic mass is 10.2. The van der Waals surface area contributed by atoms with Gasteiger partial charge in [0, 0.05) is 11.4 Å². The van der Waals surface area contributed by atoms with Crippen molar-refractivity contribution in [3.05, 3.63) is 70.6 Å². The highest BCUT2D eigenvalue weighted by molar-refractivity contribution is 8.17. The number of aliphatic imine (C=N–C) groups is 1. The molecule has 2 aromatic rings. The molecular weight excluding hydrogens is 324 g/mol. The highest BCUT2D eigenvalue weighted by atomic mass is 32.2. The summed E-state index contributed by atoms with van der Waals surface area (Å²) in [6, 6.07) is 19.0. The van der Waals surface area contributed by atoms with Crippen LogP contribution in [0.25, 0.3) is 6.08 Å². The highest BCUT2D eigenvalue weighted by Crippen LogP contribution is 2.33. The smallest absolute Gasteiger partial charge is 0.169 e. The maximum atomic E-state index is 4.94. The maximum Gasteiger partial charge on any atom is 0.169 e. The zero-order chi connectivity index (χ0) is 17.5. The van der Waals surface area contributed by atoms with Crippen LogP contribution in [0.5, 0.6) is 0 Å². The molecule has 1 fully saturated rings. The Morgan fingerprint density at radius 1 is 1.08 bits per heavy atom. The van der Waals surface area contributed by atoms with Crippen LogP contribution in [0.4, 0.5) is 5.69 Å². The molecule has 0 bridgehead atoms. The van der Waals surface area contributed by atoms with Gasteiger partial charge in [-0.15, -0.1) is 0 Å². The monoisotopic (exact) mass is 350 g/mol. The second-order valence-corrected chi connectivity index (χ2v) is 7.58. The second-order valence-electron chi connectivity index (χ2n) is 6.49. The molecule has 1 heterocycles. The number of benzene rings is 2. The van der Waals surface area contributed by atoms with Crippen LogP contribution in [0.2, 0.25) is 0 Å². The lowest BCUT2D eigenvalue weighted by Gasteiger charge is -2.17. The van der Waals surface area contributed by atoms with E-state index in [9.17, 15) is 0 Å². The molecule has 0 N–H and O–H groups in total. The molecule has 0 unspecified atom stereocenters. The van der Waals surface area contributed by atoms with E-state index in [-0.39, 0.29) is 0 Å². The topological polar surface area (TPSA) is 15.6 Å². The van der Waals surface area contributed by atoms with Crippen LogP contribution in [0.15, 0.2) is 64.5 Å². The molecule has 1 saturated heterocycles. The molecule has 2 nitrogen and oxygen atoms in total. The van der Waals surface area contributed by atoms with Crippen LogP contribution in [0, 0.1) is 6.92 Å². The fourth-order valence-corrected chi connectivity index (χ4v) is 3.99. The van der Waals surface area contributed by atoms with E-state index in [0.717, 1.165) is 23.9 Å². The Hall–Kier alpha value is -2.00. The molecule has 0 atom stereocenters. The lowest BCUT2D eigenvalue weighted by molar-refractivity contribution is 0.452. The average Bonchev–Trinajstić information content (AvgIpc) is 2.97. The molecule has 0 radical (unpaired) electrons. The van der Waals surface area contributed by atoms with E-state index in [1.165, 1.54) is 35.3 Å². The third kappa shape index (κ3) is 5.23. The number of amidine groups is 1. The predicted molar refractivity (Wildman–Crippen MR) is 111 cm³/mol. The van der Waals surface area contributed by atoms with Crippen molar-refractivity contribution in [3.63, 3.8) is 0 Å². The minimum absolute atomic E-state index is 0.966. The average molecular weight is 351 g/mol. The van der Waals surface area contributed by atoms with Gasteiger partial charge in [0.2, 0.25) is 0 Å². The van der Waals surface area contributed by atoms with Crippen molar-refractivity contribution >= 4 is 28.7 Å². The number of nitrogens with zero attached hydrogens (tertiary/aromatic N) is 2. The van der Waals surface area contributed by atoms with E-state index < -0.39 is 0 Å². The number of hydrogen-bond acceptors (Lipinski definition) is 2. The molecule has 1 aliphatic heterocycles. The molecule has 0 saturated carbocycles. The number of thioether (sulfide) groups is 1.